The van der Waals surface area contributed by atoms with Crippen LogP contribution in [0.3, 0.4) is 0 Å². The van der Waals surface area contributed by atoms with Gasteiger partial charge in [-0.25, -0.2) is 0 Å². The van der Waals surface area contributed by atoms with Crippen LogP contribution in [-0.4, -0.2) is 21.6 Å². The summed E-state index contributed by atoms with van der Waals surface area (Å²) in [7, 11) is 0. The molecule has 0 bridgehead atoms. The van der Waals surface area contributed by atoms with E-state index in [1.165, 1.54) is 12.8 Å². The van der Waals surface area contributed by atoms with Gasteiger partial charge in [0.2, 0.25) is 11.7 Å². The lowest BCUT2D eigenvalue weighted by atomic mass is 9.96. The molecule has 1 atom stereocenters. The first-order chi connectivity index (χ1) is 11.4. The van der Waals surface area contributed by atoms with Crippen LogP contribution in [0.2, 0.25) is 0 Å². The molecule has 5 rings (SSSR count). The summed E-state index contributed by atoms with van der Waals surface area (Å²) in [4.78, 5) is 8.71. The van der Waals surface area contributed by atoms with Gasteiger partial charge in [0.25, 0.3) is 0 Å². The molecule has 0 unspecified atom stereocenters. The van der Waals surface area contributed by atoms with E-state index in [-0.39, 0.29) is 0 Å². The molecule has 0 radical (unpaired) electrons. The minimum absolute atomic E-state index is 0.543. The average Bonchev–Trinajstić information content (AvgIpc) is 3.01. The van der Waals surface area contributed by atoms with Gasteiger partial charge in [0.1, 0.15) is 0 Å². The summed E-state index contributed by atoms with van der Waals surface area (Å²) in [6.07, 6.45) is 3.84. The van der Waals surface area contributed by atoms with Gasteiger partial charge in [0.05, 0.1) is 6.54 Å². The van der Waals surface area contributed by atoms with Gasteiger partial charge in [-0.15, -0.1) is 11.3 Å². The second-order valence-corrected chi connectivity index (χ2v) is 8.11. The van der Waals surface area contributed by atoms with Crippen LogP contribution >= 0.6 is 22.7 Å². The fourth-order valence-electron chi connectivity index (χ4n) is 3.54. The Balaban J connectivity index is 1.40. The Morgan fingerprint density at radius 2 is 2.22 bits per heavy atom. The molecule has 1 fully saturated rings. The van der Waals surface area contributed by atoms with E-state index in [2.05, 4.69) is 31.9 Å². The Morgan fingerprint density at radius 1 is 1.26 bits per heavy atom. The Kier molecular flexibility index (Phi) is 3.35. The number of nitrogens with zero attached hydrogens (tertiary/aromatic N) is 3. The Labute approximate surface area is 142 Å². The van der Waals surface area contributed by atoms with Gasteiger partial charge in [-0.05, 0) is 53.6 Å². The fraction of sp³-hybridized carbons (Fsp3) is 0.412. The molecule has 0 saturated heterocycles. The first kappa shape index (κ1) is 13.9. The predicted octanol–water partition coefficient (Wildman–Crippen LogP) is 4.37. The highest BCUT2D eigenvalue weighted by Crippen LogP contribution is 2.48. The maximum Gasteiger partial charge on any atom is 0.241 e. The first-order valence-corrected chi connectivity index (χ1v) is 9.86. The standard InChI is InChI=1S/C17H17N3OS2/c1-2-11(1)16-13-5-8-23-14(13)3-6-20(16)9-15-18-17(19-21-15)12-4-7-22-10-12/h4-5,7-8,10-11,16H,1-3,6,9H2/t16-/m1/s1. The highest BCUT2D eigenvalue weighted by atomic mass is 32.1. The summed E-state index contributed by atoms with van der Waals surface area (Å²) >= 11 is 3.56. The number of fused-ring (bicyclic) bond motifs is 1. The molecule has 1 aliphatic heterocycles. The number of rotatable bonds is 4. The number of thiophene rings is 2. The number of hydrogen-bond donors (Lipinski definition) is 0. The zero-order chi connectivity index (χ0) is 15.2. The Bertz CT molecular complexity index is 804. The highest BCUT2D eigenvalue weighted by Gasteiger charge is 2.40. The third-order valence-corrected chi connectivity index (χ3v) is 6.45. The predicted molar refractivity (Wildman–Crippen MR) is 91.5 cm³/mol. The molecule has 4 nitrogen and oxygen atoms in total. The monoisotopic (exact) mass is 343 g/mol. The van der Waals surface area contributed by atoms with E-state index in [1.54, 1.807) is 21.8 Å². The van der Waals surface area contributed by atoms with Gasteiger partial charge in [0.15, 0.2) is 0 Å². The smallest absolute Gasteiger partial charge is 0.241 e. The van der Waals surface area contributed by atoms with Crippen molar-refractivity contribution in [3.05, 3.63) is 44.6 Å². The topological polar surface area (TPSA) is 42.2 Å². The summed E-state index contributed by atoms with van der Waals surface area (Å²) in [5.41, 5.74) is 2.59. The molecule has 6 heteroatoms. The molecular weight excluding hydrogens is 326 g/mol. The van der Waals surface area contributed by atoms with Crippen molar-refractivity contribution in [3.8, 4) is 11.4 Å². The Hall–Kier alpha value is -1.50. The normalized spacial score (nSPS) is 21.5. The fourth-order valence-corrected chi connectivity index (χ4v) is 5.09. The molecule has 3 aromatic rings. The Morgan fingerprint density at radius 3 is 3.04 bits per heavy atom. The molecule has 23 heavy (non-hydrogen) atoms. The summed E-state index contributed by atoms with van der Waals surface area (Å²) in [6.45, 7) is 1.85. The molecule has 2 aliphatic rings. The molecule has 118 valence electrons. The van der Waals surface area contributed by atoms with Crippen molar-refractivity contribution in [1.29, 1.82) is 0 Å². The van der Waals surface area contributed by atoms with Crippen LogP contribution in [0.5, 0.6) is 0 Å². The summed E-state index contributed by atoms with van der Waals surface area (Å²) in [6, 6.07) is 4.89. The lowest BCUT2D eigenvalue weighted by Gasteiger charge is -2.35. The zero-order valence-corrected chi connectivity index (χ0v) is 14.3. The molecule has 0 spiro atoms. The maximum atomic E-state index is 5.51. The number of hydrogen-bond acceptors (Lipinski definition) is 6. The maximum absolute atomic E-state index is 5.51. The van der Waals surface area contributed by atoms with Gasteiger partial charge in [0, 0.05) is 28.4 Å². The second kappa shape index (κ2) is 5.54. The summed E-state index contributed by atoms with van der Waals surface area (Å²) in [5, 5.41) is 10.5. The van der Waals surface area contributed by atoms with E-state index in [0.29, 0.717) is 11.9 Å². The first-order valence-electron chi connectivity index (χ1n) is 8.04. The van der Waals surface area contributed by atoms with Gasteiger partial charge in [-0.1, -0.05) is 5.16 Å². The van der Waals surface area contributed by atoms with Crippen LogP contribution < -0.4 is 0 Å². The molecule has 1 saturated carbocycles. The van der Waals surface area contributed by atoms with Crippen LogP contribution in [0.4, 0.5) is 0 Å². The van der Waals surface area contributed by atoms with E-state index >= 15 is 0 Å². The minimum Gasteiger partial charge on any atom is -0.338 e. The molecule has 0 amide bonds. The molecule has 0 N–H and O–H groups in total. The molecule has 0 aromatic carbocycles. The van der Waals surface area contributed by atoms with Crippen molar-refractivity contribution in [1.82, 2.24) is 15.0 Å². The largest absolute Gasteiger partial charge is 0.338 e. The summed E-state index contributed by atoms with van der Waals surface area (Å²) < 4.78 is 5.51. The van der Waals surface area contributed by atoms with Crippen LogP contribution in [0.25, 0.3) is 11.4 Å². The van der Waals surface area contributed by atoms with Gasteiger partial charge < -0.3 is 4.52 Å². The van der Waals surface area contributed by atoms with Crippen molar-refractivity contribution >= 4 is 22.7 Å². The quantitative estimate of drug-likeness (QED) is 0.705. The lowest BCUT2D eigenvalue weighted by Crippen LogP contribution is -2.35. The van der Waals surface area contributed by atoms with E-state index in [0.717, 1.165) is 36.9 Å². The van der Waals surface area contributed by atoms with Gasteiger partial charge in [-0.2, -0.15) is 16.3 Å². The average molecular weight is 343 g/mol. The van der Waals surface area contributed by atoms with E-state index in [9.17, 15) is 0 Å². The van der Waals surface area contributed by atoms with Crippen molar-refractivity contribution in [2.45, 2.75) is 31.8 Å². The van der Waals surface area contributed by atoms with Crippen molar-refractivity contribution in [2.24, 2.45) is 5.92 Å². The third-order valence-electron chi connectivity index (χ3n) is 4.77. The van der Waals surface area contributed by atoms with Crippen molar-refractivity contribution in [3.63, 3.8) is 0 Å². The molecule has 1 aliphatic carbocycles. The van der Waals surface area contributed by atoms with Crippen molar-refractivity contribution < 1.29 is 4.52 Å². The van der Waals surface area contributed by atoms with Crippen molar-refractivity contribution in [2.75, 3.05) is 6.54 Å². The molecular formula is C17H17N3OS2. The van der Waals surface area contributed by atoms with Gasteiger partial charge >= 0.3 is 0 Å². The third kappa shape index (κ3) is 2.55. The van der Waals surface area contributed by atoms with Crippen LogP contribution in [0, 0.1) is 5.92 Å². The molecule has 3 aromatic heterocycles. The van der Waals surface area contributed by atoms with Crippen LogP contribution in [0.1, 0.15) is 35.2 Å². The highest BCUT2D eigenvalue weighted by molar-refractivity contribution is 7.10. The van der Waals surface area contributed by atoms with Crippen LogP contribution in [0.15, 0.2) is 32.8 Å². The van der Waals surface area contributed by atoms with E-state index < -0.39 is 0 Å². The molecule has 4 heterocycles. The minimum atomic E-state index is 0.543. The number of aromatic nitrogens is 2. The summed E-state index contributed by atoms with van der Waals surface area (Å²) in [5.74, 6) is 2.25. The second-order valence-electron chi connectivity index (χ2n) is 6.33. The van der Waals surface area contributed by atoms with Gasteiger partial charge in [-0.3, -0.25) is 4.90 Å². The SMILES string of the molecule is c1cc(-c2noc(CN3CCc4sccc4[C@H]3C3CC3)n2)cs1. The van der Waals surface area contributed by atoms with E-state index in [4.69, 9.17) is 4.52 Å². The lowest BCUT2D eigenvalue weighted by molar-refractivity contribution is 0.139. The van der Waals surface area contributed by atoms with E-state index in [1.807, 2.05) is 22.8 Å². The van der Waals surface area contributed by atoms with Crippen LogP contribution in [-0.2, 0) is 13.0 Å². The zero-order valence-electron chi connectivity index (χ0n) is 12.6.